The zero-order valence-electron chi connectivity index (χ0n) is 6.75. The number of hydrogen-bond acceptors (Lipinski definition) is 4. The zero-order chi connectivity index (χ0) is 10.2. The van der Waals surface area contributed by atoms with Crippen LogP contribution in [0.4, 0.5) is 0 Å². The Balaban J connectivity index is 2.63. The molecule has 1 unspecified atom stereocenters. The van der Waals surface area contributed by atoms with Crippen molar-refractivity contribution in [3.05, 3.63) is 0 Å². The number of carboxylic acids is 2. The van der Waals surface area contributed by atoms with Crippen LogP contribution in [0.3, 0.4) is 0 Å². The monoisotopic (exact) mass is 205 g/mol. The summed E-state index contributed by atoms with van der Waals surface area (Å²) in [5.74, 6) is -3.08. The molecular weight excluding hydrogens is 194 g/mol. The van der Waals surface area contributed by atoms with E-state index in [2.05, 4.69) is 12.6 Å². The minimum absolute atomic E-state index is 0.202. The van der Waals surface area contributed by atoms with Crippen LogP contribution >= 0.6 is 12.6 Å². The highest BCUT2D eigenvalue weighted by Crippen LogP contribution is 2.48. The summed E-state index contributed by atoms with van der Waals surface area (Å²) < 4.78 is 0. The Morgan fingerprint density at radius 3 is 2.23 bits per heavy atom. The topological polar surface area (TPSA) is 101 Å². The molecule has 5 nitrogen and oxygen atoms in total. The lowest BCUT2D eigenvalue weighted by Crippen LogP contribution is -2.34. The van der Waals surface area contributed by atoms with Crippen molar-refractivity contribution in [2.75, 3.05) is 5.75 Å². The third kappa shape index (κ3) is 1.78. The average molecular weight is 205 g/mol. The van der Waals surface area contributed by atoms with Crippen LogP contribution in [-0.2, 0) is 9.59 Å². The number of nitrogens with two attached hydrogens (primary N) is 1. The Kier molecular flexibility index (Phi) is 2.82. The summed E-state index contributed by atoms with van der Waals surface area (Å²) in [6, 6.07) is -1.08. The molecule has 6 heteroatoms. The van der Waals surface area contributed by atoms with E-state index in [9.17, 15) is 9.59 Å². The summed E-state index contributed by atoms with van der Waals surface area (Å²) in [5.41, 5.74) is 5.32. The van der Waals surface area contributed by atoms with Crippen molar-refractivity contribution >= 4 is 24.6 Å². The molecule has 74 valence electrons. The molecule has 0 aromatic carbocycles. The normalized spacial score (nSPS) is 33.8. The molecular formula is C7H11NO4S. The number of rotatable bonds is 4. The molecule has 1 saturated carbocycles. The second kappa shape index (κ2) is 3.55. The van der Waals surface area contributed by atoms with Gasteiger partial charge in [0.05, 0.1) is 5.92 Å². The highest BCUT2D eigenvalue weighted by atomic mass is 32.1. The van der Waals surface area contributed by atoms with E-state index in [1.165, 1.54) is 0 Å². The SMILES string of the molecule is NC(C(=O)O)[C@H]1[C@@H](CS)[C@@H]1C(=O)O. The fraction of sp³-hybridized carbons (Fsp3) is 0.714. The molecule has 0 bridgehead atoms. The first-order chi connectivity index (χ1) is 6.00. The molecule has 0 radical (unpaired) electrons. The van der Waals surface area contributed by atoms with E-state index < -0.39 is 29.8 Å². The molecule has 0 heterocycles. The van der Waals surface area contributed by atoms with Gasteiger partial charge in [-0.2, -0.15) is 12.6 Å². The molecule has 0 aromatic heterocycles. The van der Waals surface area contributed by atoms with Gasteiger partial charge in [-0.3, -0.25) is 9.59 Å². The van der Waals surface area contributed by atoms with E-state index in [0.717, 1.165) is 0 Å². The molecule has 4 N–H and O–H groups in total. The van der Waals surface area contributed by atoms with Crippen LogP contribution in [-0.4, -0.2) is 33.9 Å². The molecule has 0 aliphatic heterocycles. The van der Waals surface area contributed by atoms with Crippen molar-refractivity contribution in [1.82, 2.24) is 0 Å². The number of carbonyl (C=O) groups is 2. The molecule has 1 fully saturated rings. The highest BCUT2D eigenvalue weighted by molar-refractivity contribution is 7.80. The predicted molar refractivity (Wildman–Crippen MR) is 47.6 cm³/mol. The van der Waals surface area contributed by atoms with Crippen molar-refractivity contribution in [1.29, 1.82) is 0 Å². The lowest BCUT2D eigenvalue weighted by molar-refractivity contribution is -0.140. The van der Waals surface area contributed by atoms with Crippen molar-refractivity contribution < 1.29 is 19.8 Å². The fourth-order valence-electron chi connectivity index (χ4n) is 1.64. The summed E-state index contributed by atoms with van der Waals surface area (Å²) in [6.45, 7) is 0. The van der Waals surface area contributed by atoms with Gasteiger partial charge >= 0.3 is 11.9 Å². The van der Waals surface area contributed by atoms with Crippen molar-refractivity contribution in [2.24, 2.45) is 23.5 Å². The molecule has 0 aromatic rings. The largest absolute Gasteiger partial charge is 0.481 e. The molecule has 0 saturated heterocycles. The number of hydrogen-bond donors (Lipinski definition) is 4. The van der Waals surface area contributed by atoms with E-state index >= 15 is 0 Å². The Labute approximate surface area is 80.3 Å². The van der Waals surface area contributed by atoms with E-state index in [-0.39, 0.29) is 5.92 Å². The van der Waals surface area contributed by atoms with Crippen LogP contribution < -0.4 is 5.73 Å². The van der Waals surface area contributed by atoms with E-state index in [1.54, 1.807) is 0 Å². The molecule has 1 aliphatic rings. The third-order valence-corrected chi connectivity index (χ3v) is 2.85. The Morgan fingerprint density at radius 2 is 2.00 bits per heavy atom. The lowest BCUT2D eigenvalue weighted by Gasteiger charge is -2.03. The van der Waals surface area contributed by atoms with Gasteiger partial charge in [-0.15, -0.1) is 0 Å². The molecule has 0 spiro atoms. The van der Waals surface area contributed by atoms with Crippen LogP contribution in [0, 0.1) is 17.8 Å². The second-order valence-corrected chi connectivity index (χ2v) is 3.52. The minimum atomic E-state index is -1.15. The van der Waals surface area contributed by atoms with Gasteiger partial charge in [-0.25, -0.2) is 0 Å². The van der Waals surface area contributed by atoms with E-state index in [0.29, 0.717) is 5.75 Å². The van der Waals surface area contributed by atoms with Crippen molar-refractivity contribution in [3.63, 3.8) is 0 Å². The predicted octanol–water partition coefficient (Wildman–Crippen LogP) is -0.725. The quantitative estimate of drug-likeness (QED) is 0.453. The molecule has 4 atom stereocenters. The minimum Gasteiger partial charge on any atom is -0.481 e. The fourth-order valence-corrected chi connectivity index (χ4v) is 2.11. The van der Waals surface area contributed by atoms with Gasteiger partial charge in [0.15, 0.2) is 0 Å². The van der Waals surface area contributed by atoms with Gasteiger partial charge in [0, 0.05) is 5.92 Å². The van der Waals surface area contributed by atoms with E-state index in [1.807, 2.05) is 0 Å². The maximum Gasteiger partial charge on any atom is 0.320 e. The van der Waals surface area contributed by atoms with Crippen molar-refractivity contribution in [3.8, 4) is 0 Å². The average Bonchev–Trinajstić information content (AvgIpc) is 2.76. The smallest absolute Gasteiger partial charge is 0.320 e. The Hall–Kier alpha value is -0.750. The summed E-state index contributed by atoms with van der Waals surface area (Å²) in [6.07, 6.45) is 0. The van der Waals surface area contributed by atoms with Gasteiger partial charge in [0.1, 0.15) is 6.04 Å². The molecule has 1 aliphatic carbocycles. The zero-order valence-corrected chi connectivity index (χ0v) is 7.65. The van der Waals surface area contributed by atoms with Crippen LogP contribution in [0.2, 0.25) is 0 Å². The Morgan fingerprint density at radius 1 is 1.46 bits per heavy atom. The number of aliphatic carboxylic acids is 2. The summed E-state index contributed by atoms with van der Waals surface area (Å²) in [4.78, 5) is 21.1. The van der Waals surface area contributed by atoms with Gasteiger partial charge < -0.3 is 15.9 Å². The second-order valence-electron chi connectivity index (χ2n) is 3.15. The van der Waals surface area contributed by atoms with Crippen LogP contribution in [0.15, 0.2) is 0 Å². The molecule has 0 amide bonds. The van der Waals surface area contributed by atoms with Crippen LogP contribution in [0.5, 0.6) is 0 Å². The molecule has 1 rings (SSSR count). The Bertz CT molecular complexity index is 245. The molecule has 13 heavy (non-hydrogen) atoms. The number of carboxylic acid groups (broad SMARTS) is 2. The summed E-state index contributed by atoms with van der Waals surface area (Å²) in [5, 5.41) is 17.2. The first-order valence-electron chi connectivity index (χ1n) is 3.82. The van der Waals surface area contributed by atoms with Gasteiger partial charge in [0.25, 0.3) is 0 Å². The van der Waals surface area contributed by atoms with Crippen molar-refractivity contribution in [2.45, 2.75) is 6.04 Å². The maximum atomic E-state index is 10.6. The summed E-state index contributed by atoms with van der Waals surface area (Å²) in [7, 11) is 0. The van der Waals surface area contributed by atoms with Gasteiger partial charge in [-0.05, 0) is 11.7 Å². The van der Waals surface area contributed by atoms with Gasteiger partial charge in [-0.1, -0.05) is 0 Å². The number of thiol groups is 1. The maximum absolute atomic E-state index is 10.6. The van der Waals surface area contributed by atoms with Gasteiger partial charge in [0.2, 0.25) is 0 Å². The lowest BCUT2D eigenvalue weighted by atomic mass is 10.1. The standard InChI is InChI=1S/C7H11NO4S/c8-5(7(11)12)3-2(1-13)4(3)6(9)10/h2-5,13H,1,8H2,(H,9,10)(H,11,12)/t2-,3+,4+,5?/m1/s1. The third-order valence-electron chi connectivity index (χ3n) is 2.43. The highest BCUT2D eigenvalue weighted by Gasteiger charge is 2.58. The first kappa shape index (κ1) is 10.3. The summed E-state index contributed by atoms with van der Waals surface area (Å²) >= 11 is 3.94. The van der Waals surface area contributed by atoms with Crippen LogP contribution in [0.1, 0.15) is 0 Å². The first-order valence-corrected chi connectivity index (χ1v) is 4.46. The van der Waals surface area contributed by atoms with Crippen LogP contribution in [0.25, 0.3) is 0 Å². The van der Waals surface area contributed by atoms with E-state index in [4.69, 9.17) is 15.9 Å².